The molecule has 3 fully saturated rings. The number of unbranched alkanes of at least 4 members (excludes halogenated alkanes) is 22. The van der Waals surface area contributed by atoms with E-state index in [9.17, 15) is 61.0 Å². The highest BCUT2D eigenvalue weighted by atomic mass is 16.8. The summed E-state index contributed by atoms with van der Waals surface area (Å²) >= 11 is 0. The Balaban J connectivity index is 1.49. The summed E-state index contributed by atoms with van der Waals surface area (Å²) in [6.07, 6.45) is 10.5. The van der Waals surface area contributed by atoms with Crippen LogP contribution in [0, 0.1) is 0 Å². The van der Waals surface area contributed by atoms with Gasteiger partial charge in [0.25, 0.3) is 0 Å². The van der Waals surface area contributed by atoms with E-state index in [0.29, 0.717) is 12.8 Å². The third kappa shape index (κ3) is 23.8. The van der Waals surface area contributed by atoms with E-state index in [-0.39, 0.29) is 18.9 Å². The molecule has 17 unspecified atom stereocenters. The van der Waals surface area contributed by atoms with Crippen molar-refractivity contribution in [1.29, 1.82) is 0 Å². The first kappa shape index (κ1) is 65.6. The molecule has 19 nitrogen and oxygen atoms in total. The minimum Gasteiger partial charge on any atom is -0.394 e. The van der Waals surface area contributed by atoms with Crippen molar-refractivity contribution in [3.05, 3.63) is 24.3 Å². The Morgan fingerprint density at radius 3 is 1.37 bits per heavy atom. The van der Waals surface area contributed by atoms with Gasteiger partial charge in [-0.05, 0) is 32.1 Å². The summed E-state index contributed by atoms with van der Waals surface area (Å²) in [5, 5.41) is 120. The predicted octanol–water partition coefficient (Wildman–Crippen LogP) is 3.59. The zero-order valence-corrected chi connectivity index (χ0v) is 44.1. The van der Waals surface area contributed by atoms with Crippen molar-refractivity contribution >= 4 is 5.91 Å². The average Bonchev–Trinajstić information content (AvgIpc) is 3.39. The summed E-state index contributed by atoms with van der Waals surface area (Å²) in [6, 6.07) is -0.982. The second-order valence-corrected chi connectivity index (χ2v) is 20.4. The Morgan fingerprint density at radius 2 is 0.877 bits per heavy atom. The van der Waals surface area contributed by atoms with Gasteiger partial charge in [0.05, 0.1) is 38.6 Å². The van der Waals surface area contributed by atoms with Crippen LogP contribution in [0.3, 0.4) is 0 Å². The molecule has 73 heavy (non-hydrogen) atoms. The molecule has 0 aliphatic carbocycles. The number of nitrogens with one attached hydrogen (secondary N) is 1. The van der Waals surface area contributed by atoms with Gasteiger partial charge in [0.2, 0.25) is 5.91 Å². The predicted molar refractivity (Wildman–Crippen MR) is 273 cm³/mol. The lowest BCUT2D eigenvalue weighted by atomic mass is 9.96. The van der Waals surface area contributed by atoms with E-state index < -0.39 is 124 Å². The smallest absolute Gasteiger partial charge is 0.220 e. The van der Waals surface area contributed by atoms with Gasteiger partial charge in [-0.1, -0.05) is 167 Å². The van der Waals surface area contributed by atoms with Gasteiger partial charge in [-0.15, -0.1) is 0 Å². The van der Waals surface area contributed by atoms with Gasteiger partial charge in [-0.2, -0.15) is 0 Å². The number of ether oxygens (including phenoxy) is 6. The highest BCUT2D eigenvalue weighted by molar-refractivity contribution is 5.76. The third-order valence-corrected chi connectivity index (χ3v) is 14.3. The van der Waals surface area contributed by atoms with E-state index in [0.717, 1.165) is 44.9 Å². The summed E-state index contributed by atoms with van der Waals surface area (Å²) < 4.78 is 34.1. The molecule has 428 valence electrons. The summed E-state index contributed by atoms with van der Waals surface area (Å²) in [5.74, 6) is -0.287. The second-order valence-electron chi connectivity index (χ2n) is 20.4. The fourth-order valence-electron chi connectivity index (χ4n) is 9.56. The second kappa shape index (κ2) is 38.8. The van der Waals surface area contributed by atoms with Crippen molar-refractivity contribution < 1.29 is 89.4 Å². The van der Waals surface area contributed by atoms with Crippen molar-refractivity contribution in [3.8, 4) is 0 Å². The molecule has 3 rings (SSSR count). The van der Waals surface area contributed by atoms with Gasteiger partial charge < -0.3 is 89.9 Å². The lowest BCUT2D eigenvalue weighted by Crippen LogP contribution is -2.66. The van der Waals surface area contributed by atoms with E-state index in [1.807, 2.05) is 6.08 Å². The Morgan fingerprint density at radius 1 is 0.479 bits per heavy atom. The van der Waals surface area contributed by atoms with Gasteiger partial charge in [-0.25, -0.2) is 0 Å². The van der Waals surface area contributed by atoms with E-state index in [4.69, 9.17) is 28.4 Å². The van der Waals surface area contributed by atoms with Crippen LogP contribution < -0.4 is 5.32 Å². The number of rotatable bonds is 40. The first-order valence-corrected chi connectivity index (χ1v) is 28.1. The van der Waals surface area contributed by atoms with E-state index in [2.05, 4.69) is 31.3 Å². The molecule has 3 aliphatic heterocycles. The molecule has 0 aromatic rings. The largest absolute Gasteiger partial charge is 0.394 e. The van der Waals surface area contributed by atoms with Crippen LogP contribution in [0.25, 0.3) is 0 Å². The van der Waals surface area contributed by atoms with E-state index >= 15 is 0 Å². The molecule has 0 aromatic carbocycles. The summed E-state index contributed by atoms with van der Waals surface area (Å²) in [5.41, 5.74) is 0. The molecule has 0 radical (unpaired) electrons. The molecular formula is C54H99NO18. The zero-order valence-electron chi connectivity index (χ0n) is 44.1. The van der Waals surface area contributed by atoms with Gasteiger partial charge >= 0.3 is 0 Å². The Hall–Kier alpha value is -1.73. The molecule has 1 amide bonds. The summed E-state index contributed by atoms with van der Waals surface area (Å²) in [4.78, 5) is 13.2. The normalized spacial score (nSPS) is 31.9. The molecule has 3 heterocycles. The molecule has 3 aliphatic rings. The van der Waals surface area contributed by atoms with Crippen LogP contribution in [0.5, 0.6) is 0 Å². The quantitative estimate of drug-likeness (QED) is 0.0308. The Bertz CT molecular complexity index is 1440. The van der Waals surface area contributed by atoms with Crippen LogP contribution in [0.1, 0.15) is 181 Å². The maximum Gasteiger partial charge on any atom is 0.220 e. The number of allylic oxidation sites excluding steroid dienone is 3. The number of aliphatic hydroxyl groups is 11. The lowest BCUT2D eigenvalue weighted by Gasteiger charge is -2.48. The number of carbonyl (C=O) groups excluding carboxylic acids is 1. The maximum absolute atomic E-state index is 13.2. The average molecular weight is 1050 g/mol. The van der Waals surface area contributed by atoms with Crippen molar-refractivity contribution in [3.63, 3.8) is 0 Å². The lowest BCUT2D eigenvalue weighted by molar-refractivity contribution is -0.379. The first-order valence-electron chi connectivity index (χ1n) is 28.1. The standard InChI is InChI=1S/C54H99NO18/c1-3-5-7-9-11-13-14-15-16-17-18-19-20-21-22-24-26-28-30-32-42(60)55-37(38(59)31-29-27-25-23-12-10-8-6-4-2)36-68-52-48(66)45(63)50(40(34-57)70-52)73-54-49(67)46(64)51(41(35-58)71-54)72-53-47(65)44(62)43(61)39(33-56)69-53/h12,23,29,31,37-41,43-54,56-59,61-67H,3-11,13-22,24-28,30,32-36H2,1-2H3,(H,55,60)/b23-12+,31-29+. The highest BCUT2D eigenvalue weighted by Crippen LogP contribution is 2.33. The molecule has 12 N–H and O–H groups in total. The van der Waals surface area contributed by atoms with Crippen LogP contribution in [-0.4, -0.2) is 193 Å². The third-order valence-electron chi connectivity index (χ3n) is 14.3. The highest BCUT2D eigenvalue weighted by Gasteiger charge is 2.53. The molecule has 3 saturated heterocycles. The van der Waals surface area contributed by atoms with Crippen molar-refractivity contribution in [2.45, 2.75) is 285 Å². The number of carbonyl (C=O) groups is 1. The fourth-order valence-corrected chi connectivity index (χ4v) is 9.56. The molecule has 0 aromatic heterocycles. The van der Waals surface area contributed by atoms with Crippen LogP contribution in [-0.2, 0) is 33.2 Å². The number of hydrogen-bond acceptors (Lipinski definition) is 18. The molecule has 17 atom stereocenters. The van der Waals surface area contributed by atoms with Crippen LogP contribution in [0.15, 0.2) is 24.3 Å². The van der Waals surface area contributed by atoms with Crippen molar-refractivity contribution in [2.24, 2.45) is 0 Å². The first-order chi connectivity index (χ1) is 35.3. The summed E-state index contributed by atoms with van der Waals surface area (Å²) in [7, 11) is 0. The molecule has 0 bridgehead atoms. The van der Waals surface area contributed by atoms with Gasteiger partial charge in [-0.3, -0.25) is 4.79 Å². The molecule has 0 spiro atoms. The monoisotopic (exact) mass is 1050 g/mol. The van der Waals surface area contributed by atoms with Crippen LogP contribution in [0.2, 0.25) is 0 Å². The Labute approximate surface area is 435 Å². The SMILES string of the molecule is CCCCC/C=C/CC/C=C/C(O)C(COC1OC(CO)C(OC2OC(CO)C(OC3OC(CO)C(O)C(O)C3O)C(O)C2O)C(O)C1O)NC(=O)CCCCCCCCCCCCCCCCCCCCC. The molecular weight excluding hydrogens is 951 g/mol. The van der Waals surface area contributed by atoms with Gasteiger partial charge in [0, 0.05) is 6.42 Å². The number of hydrogen-bond donors (Lipinski definition) is 12. The van der Waals surface area contributed by atoms with Gasteiger partial charge in [0.15, 0.2) is 18.9 Å². The van der Waals surface area contributed by atoms with E-state index in [1.165, 1.54) is 103 Å². The van der Waals surface area contributed by atoms with Crippen LogP contribution in [0.4, 0.5) is 0 Å². The molecule has 19 heteroatoms. The van der Waals surface area contributed by atoms with Gasteiger partial charge in [0.1, 0.15) is 73.2 Å². The number of aliphatic hydroxyl groups excluding tert-OH is 11. The molecule has 0 saturated carbocycles. The topological polar surface area (TPSA) is 307 Å². The Kier molecular flexibility index (Phi) is 34.8. The van der Waals surface area contributed by atoms with E-state index in [1.54, 1.807) is 6.08 Å². The minimum atomic E-state index is -1.98. The van der Waals surface area contributed by atoms with Crippen LogP contribution >= 0.6 is 0 Å². The maximum atomic E-state index is 13.2. The zero-order chi connectivity index (χ0) is 53.4. The minimum absolute atomic E-state index is 0.239. The fraction of sp³-hybridized carbons (Fsp3) is 0.907. The van der Waals surface area contributed by atoms with Crippen molar-refractivity contribution in [1.82, 2.24) is 5.32 Å². The number of amides is 1. The van der Waals surface area contributed by atoms with Crippen molar-refractivity contribution in [2.75, 3.05) is 26.4 Å². The summed E-state index contributed by atoms with van der Waals surface area (Å²) in [6.45, 7) is 1.63.